The van der Waals surface area contributed by atoms with Crippen LogP contribution in [0.25, 0.3) is 0 Å². The monoisotopic (exact) mass is 514 g/mol. The molecule has 0 fully saturated rings. The molecule has 11 nitrogen and oxygen atoms in total. The first-order valence-corrected chi connectivity index (χ1v) is 12.2. The highest BCUT2D eigenvalue weighted by molar-refractivity contribution is 7.88. The second kappa shape index (κ2) is 10.6. The Balaban J connectivity index is 3.84. The van der Waals surface area contributed by atoms with Crippen molar-refractivity contribution in [3.8, 4) is 0 Å². The SMILES string of the molecule is CC(C)OC(=S)N(C(C(=O)c1ccccc1)N(C(=S)OC(C)C)S(=O)(=O)O)S(=O)(=O)O. The minimum atomic E-state index is -5.42. The molecule has 0 aromatic heterocycles. The van der Waals surface area contributed by atoms with Crippen LogP contribution in [0.1, 0.15) is 38.1 Å². The highest BCUT2D eigenvalue weighted by Crippen LogP contribution is 2.23. The summed E-state index contributed by atoms with van der Waals surface area (Å²) in [6.07, 6.45) is -3.96. The summed E-state index contributed by atoms with van der Waals surface area (Å²) in [5, 5.41) is -1.93. The van der Waals surface area contributed by atoms with Crippen LogP contribution in [0.5, 0.6) is 0 Å². The van der Waals surface area contributed by atoms with Gasteiger partial charge in [-0.3, -0.25) is 13.9 Å². The predicted octanol–water partition coefficient (Wildman–Crippen LogP) is 1.82. The molecule has 1 aromatic rings. The van der Waals surface area contributed by atoms with Crippen LogP contribution in [0.15, 0.2) is 30.3 Å². The van der Waals surface area contributed by atoms with Crippen LogP contribution in [0.4, 0.5) is 0 Å². The molecule has 0 saturated heterocycles. The van der Waals surface area contributed by atoms with Gasteiger partial charge in [0.1, 0.15) is 0 Å². The maximum atomic E-state index is 13.2. The van der Waals surface area contributed by atoms with E-state index in [2.05, 4.69) is 0 Å². The molecule has 1 aromatic carbocycles. The number of hydrogen-bond donors (Lipinski definition) is 2. The Morgan fingerprint density at radius 1 is 0.839 bits per heavy atom. The van der Waals surface area contributed by atoms with Gasteiger partial charge in [-0.2, -0.15) is 25.4 Å². The molecule has 0 aliphatic heterocycles. The summed E-state index contributed by atoms with van der Waals surface area (Å²) in [6.45, 7) is 5.87. The number of benzene rings is 1. The zero-order valence-electron chi connectivity index (χ0n) is 16.9. The minimum Gasteiger partial charge on any atom is -0.467 e. The van der Waals surface area contributed by atoms with Crippen LogP contribution < -0.4 is 0 Å². The van der Waals surface area contributed by atoms with Crippen molar-refractivity contribution in [1.82, 2.24) is 8.61 Å². The van der Waals surface area contributed by atoms with Crippen LogP contribution in [-0.2, 0) is 30.1 Å². The molecule has 2 N–H and O–H groups in total. The molecule has 0 aliphatic carbocycles. The van der Waals surface area contributed by atoms with E-state index >= 15 is 0 Å². The van der Waals surface area contributed by atoms with Gasteiger partial charge in [0.25, 0.3) is 10.3 Å². The number of carbonyl (C=O) groups is 1. The molecule has 0 atom stereocenters. The van der Waals surface area contributed by atoms with Crippen LogP contribution in [-0.4, -0.2) is 69.1 Å². The van der Waals surface area contributed by atoms with Crippen LogP contribution in [0.3, 0.4) is 0 Å². The Labute approximate surface area is 191 Å². The smallest absolute Gasteiger partial charge is 0.365 e. The molecule has 0 saturated carbocycles. The summed E-state index contributed by atoms with van der Waals surface area (Å²) in [6, 6.07) is 6.89. The van der Waals surface area contributed by atoms with Crippen molar-refractivity contribution in [3.05, 3.63) is 35.9 Å². The molecular formula is C16H22N2O9S4. The lowest BCUT2D eigenvalue weighted by atomic mass is 10.1. The fraction of sp³-hybridized carbons (Fsp3) is 0.438. The number of ether oxygens (including phenoxy) is 2. The van der Waals surface area contributed by atoms with E-state index in [4.69, 9.17) is 33.9 Å². The van der Waals surface area contributed by atoms with E-state index < -0.39 is 55.1 Å². The quantitative estimate of drug-likeness (QED) is 0.226. The largest absolute Gasteiger partial charge is 0.467 e. The van der Waals surface area contributed by atoms with Crippen molar-refractivity contribution in [1.29, 1.82) is 0 Å². The van der Waals surface area contributed by atoms with Gasteiger partial charge in [0.05, 0.1) is 12.2 Å². The van der Waals surface area contributed by atoms with Crippen molar-refractivity contribution in [2.24, 2.45) is 0 Å². The maximum absolute atomic E-state index is 13.2. The number of nitrogens with zero attached hydrogens (tertiary/aromatic N) is 2. The summed E-state index contributed by atoms with van der Waals surface area (Å²) in [4.78, 5) is 13.2. The number of ketones is 1. The molecule has 0 unspecified atom stereocenters. The van der Waals surface area contributed by atoms with Gasteiger partial charge in [-0.15, -0.1) is 0 Å². The molecule has 0 radical (unpaired) electrons. The van der Waals surface area contributed by atoms with Gasteiger partial charge in [0, 0.05) is 5.56 Å². The lowest BCUT2D eigenvalue weighted by Gasteiger charge is -2.36. The fourth-order valence-electron chi connectivity index (χ4n) is 2.21. The van der Waals surface area contributed by atoms with Crippen molar-refractivity contribution in [2.75, 3.05) is 0 Å². The number of carbonyl (C=O) groups excluding carboxylic acids is 1. The van der Waals surface area contributed by atoms with Gasteiger partial charge < -0.3 is 9.47 Å². The van der Waals surface area contributed by atoms with E-state index in [1.165, 1.54) is 52.0 Å². The first-order valence-electron chi connectivity index (χ1n) is 8.61. The number of thiocarbonyl (C=S) groups is 2. The molecule has 0 amide bonds. The van der Waals surface area contributed by atoms with Gasteiger partial charge in [-0.25, -0.2) is 0 Å². The highest BCUT2D eigenvalue weighted by Gasteiger charge is 2.48. The molecule has 31 heavy (non-hydrogen) atoms. The third kappa shape index (κ3) is 7.62. The van der Waals surface area contributed by atoms with Crippen LogP contribution in [0.2, 0.25) is 0 Å². The van der Waals surface area contributed by atoms with E-state index in [1.807, 2.05) is 0 Å². The highest BCUT2D eigenvalue weighted by atomic mass is 32.2. The molecule has 0 bridgehead atoms. The van der Waals surface area contributed by atoms with Crippen LogP contribution in [0, 0.1) is 0 Å². The van der Waals surface area contributed by atoms with Crippen molar-refractivity contribution in [2.45, 2.75) is 46.1 Å². The Kier molecular flexibility index (Phi) is 9.28. The average Bonchev–Trinajstić information content (AvgIpc) is 2.57. The van der Waals surface area contributed by atoms with Gasteiger partial charge in [0.2, 0.25) is 11.9 Å². The summed E-state index contributed by atoms with van der Waals surface area (Å²) >= 11 is 9.77. The molecule has 0 heterocycles. The Hall–Kier alpha value is -1.91. The number of rotatable bonds is 8. The standard InChI is InChI=1S/C16H22N2O9S4/c1-10(2)26-15(28)17(30(20,21)22)14(13(19)12-8-6-5-7-9-12)18(31(23,24)25)16(29)27-11(3)4/h5-11,14H,1-4H3,(H,20,21,22)(H,23,24,25). The Bertz CT molecular complexity index is 966. The first-order chi connectivity index (χ1) is 14.1. The molecule has 174 valence electrons. The third-order valence-corrected chi connectivity index (χ3v) is 5.81. The van der Waals surface area contributed by atoms with Gasteiger partial charge in [-0.05, 0) is 52.1 Å². The van der Waals surface area contributed by atoms with E-state index in [9.17, 15) is 30.7 Å². The second-order valence-corrected chi connectivity index (χ2v) is 9.79. The zero-order chi connectivity index (χ0) is 24.1. The summed E-state index contributed by atoms with van der Waals surface area (Å²) < 4.78 is 78.2. The maximum Gasteiger partial charge on any atom is 0.365 e. The lowest BCUT2D eigenvalue weighted by molar-refractivity contribution is 0.0793. The molecule has 0 spiro atoms. The minimum absolute atomic E-state index is 0.179. The first kappa shape index (κ1) is 27.1. The van der Waals surface area contributed by atoms with E-state index in [-0.39, 0.29) is 14.2 Å². The fourth-order valence-corrected chi connectivity index (χ4v) is 4.76. The summed E-state index contributed by atoms with van der Waals surface area (Å²) in [5.41, 5.74) is -0.186. The van der Waals surface area contributed by atoms with Crippen LogP contribution >= 0.6 is 24.4 Å². The second-order valence-electron chi connectivity index (χ2n) is 6.52. The van der Waals surface area contributed by atoms with Crippen molar-refractivity contribution >= 4 is 61.2 Å². The Morgan fingerprint density at radius 2 is 1.19 bits per heavy atom. The predicted molar refractivity (Wildman–Crippen MR) is 119 cm³/mol. The number of hydrogen-bond acceptors (Lipinski definition) is 9. The third-order valence-electron chi connectivity index (χ3n) is 3.27. The summed E-state index contributed by atoms with van der Waals surface area (Å²) in [7, 11) is -10.8. The van der Waals surface area contributed by atoms with Crippen molar-refractivity contribution in [3.63, 3.8) is 0 Å². The molecule has 1 rings (SSSR count). The van der Waals surface area contributed by atoms with Gasteiger partial charge >= 0.3 is 20.6 Å². The molecule has 15 heteroatoms. The topological polar surface area (TPSA) is 151 Å². The Morgan fingerprint density at radius 3 is 1.48 bits per heavy atom. The van der Waals surface area contributed by atoms with E-state index in [0.717, 1.165) is 0 Å². The summed E-state index contributed by atoms with van der Waals surface area (Å²) in [5.74, 6) is -1.21. The average molecular weight is 515 g/mol. The zero-order valence-corrected chi connectivity index (χ0v) is 20.2. The molecular weight excluding hydrogens is 492 g/mol. The number of Topliss-reactive ketones (excluding diaryl/α,β-unsaturated/α-hetero) is 1. The normalized spacial score (nSPS) is 12.0. The lowest BCUT2D eigenvalue weighted by Crippen LogP contribution is -2.60. The van der Waals surface area contributed by atoms with Gasteiger partial charge in [-0.1, -0.05) is 30.3 Å². The van der Waals surface area contributed by atoms with E-state index in [1.54, 1.807) is 6.07 Å². The molecule has 0 aliphatic rings. The van der Waals surface area contributed by atoms with Gasteiger partial charge in [0.15, 0.2) is 0 Å². The van der Waals surface area contributed by atoms with Crippen molar-refractivity contribution < 1.29 is 40.2 Å². The van der Waals surface area contributed by atoms with E-state index in [0.29, 0.717) is 0 Å².